The molecule has 7 nitrogen and oxygen atoms in total. The van der Waals surface area contributed by atoms with Gasteiger partial charge in [0, 0.05) is 13.1 Å². The summed E-state index contributed by atoms with van der Waals surface area (Å²) in [7, 11) is 0. The molecule has 1 saturated heterocycles. The number of phenolic OH excluding ortho intramolecular Hbond substituents is 1. The lowest BCUT2D eigenvalue weighted by molar-refractivity contribution is -0.154. The number of piperidine rings is 1. The minimum Gasteiger partial charge on any atom is -0.507 e. The molecule has 2 aromatic carbocycles. The van der Waals surface area contributed by atoms with Crippen LogP contribution in [-0.2, 0) is 17.5 Å². The van der Waals surface area contributed by atoms with Crippen LogP contribution in [-0.4, -0.2) is 35.7 Å². The van der Waals surface area contributed by atoms with E-state index < -0.39 is 29.1 Å². The molecule has 37 heavy (non-hydrogen) atoms. The molecule has 4 rings (SSSR count). The Bertz CT molecular complexity index is 1330. The van der Waals surface area contributed by atoms with E-state index in [0.717, 1.165) is 25.9 Å². The van der Waals surface area contributed by atoms with Gasteiger partial charge in [0.2, 0.25) is 11.2 Å². The van der Waals surface area contributed by atoms with Gasteiger partial charge in [-0.3, -0.25) is 9.69 Å². The quantitative estimate of drug-likeness (QED) is 0.377. The lowest BCUT2D eigenvalue weighted by atomic mass is 9.99. The molecular formula is C27H28F3NO6. The summed E-state index contributed by atoms with van der Waals surface area (Å²) < 4.78 is 57.8. The molecule has 1 unspecified atom stereocenters. The first-order valence-electron chi connectivity index (χ1n) is 12.1. The maximum Gasteiger partial charge on any atom is 0.453 e. The van der Waals surface area contributed by atoms with Gasteiger partial charge in [0.05, 0.1) is 23.1 Å². The molecule has 0 spiro atoms. The molecule has 1 N–H and O–H groups in total. The summed E-state index contributed by atoms with van der Waals surface area (Å²) in [6.07, 6.45) is -2.43. The van der Waals surface area contributed by atoms with Crippen LogP contribution in [0.2, 0.25) is 0 Å². The van der Waals surface area contributed by atoms with Crippen molar-refractivity contribution in [1.82, 2.24) is 4.90 Å². The number of esters is 1. The molecule has 2 heterocycles. The zero-order valence-electron chi connectivity index (χ0n) is 20.6. The monoisotopic (exact) mass is 519 g/mol. The fourth-order valence-corrected chi connectivity index (χ4v) is 4.43. The van der Waals surface area contributed by atoms with Gasteiger partial charge in [0.15, 0.2) is 0 Å². The van der Waals surface area contributed by atoms with E-state index in [-0.39, 0.29) is 46.7 Å². The number of carbonyl (C=O) groups excluding carboxylic acids is 1. The molecule has 1 atom stereocenters. The summed E-state index contributed by atoms with van der Waals surface area (Å²) in [5.74, 6) is -3.14. The van der Waals surface area contributed by atoms with Crippen LogP contribution in [0.1, 0.15) is 54.8 Å². The van der Waals surface area contributed by atoms with E-state index in [1.807, 2.05) is 11.8 Å². The van der Waals surface area contributed by atoms with Gasteiger partial charge < -0.3 is 19.0 Å². The first-order chi connectivity index (χ1) is 17.6. The largest absolute Gasteiger partial charge is 0.507 e. The third-order valence-electron chi connectivity index (χ3n) is 6.22. The Balaban J connectivity index is 1.74. The fraction of sp³-hybridized carbons (Fsp3) is 0.407. The number of benzene rings is 2. The van der Waals surface area contributed by atoms with Crippen molar-refractivity contribution in [2.45, 2.75) is 45.8 Å². The lowest BCUT2D eigenvalue weighted by Gasteiger charge is -2.31. The summed E-state index contributed by atoms with van der Waals surface area (Å²) >= 11 is 0. The van der Waals surface area contributed by atoms with Gasteiger partial charge in [-0.05, 0) is 68.1 Å². The number of fused-ring (bicyclic) bond motifs is 1. The Morgan fingerprint density at radius 1 is 1.19 bits per heavy atom. The molecule has 10 heteroatoms. The zero-order chi connectivity index (χ0) is 26.7. The topological polar surface area (TPSA) is 89.2 Å². The van der Waals surface area contributed by atoms with Gasteiger partial charge in [0.25, 0.3) is 5.76 Å². The van der Waals surface area contributed by atoms with Crippen molar-refractivity contribution in [3.8, 4) is 17.2 Å². The number of phenols is 1. The first kappa shape index (κ1) is 26.5. The predicted octanol–water partition coefficient (Wildman–Crippen LogP) is 6.11. The highest BCUT2D eigenvalue weighted by molar-refractivity contribution is 5.89. The van der Waals surface area contributed by atoms with Crippen LogP contribution in [0, 0.1) is 5.92 Å². The molecule has 0 saturated carbocycles. The molecule has 1 aromatic heterocycles. The van der Waals surface area contributed by atoms with Crippen LogP contribution in [0.25, 0.3) is 11.0 Å². The van der Waals surface area contributed by atoms with E-state index in [1.54, 1.807) is 0 Å². The van der Waals surface area contributed by atoms with Crippen molar-refractivity contribution in [2.24, 2.45) is 5.92 Å². The number of likely N-dealkylation sites (tertiary alicyclic amines) is 1. The fourth-order valence-electron chi connectivity index (χ4n) is 4.43. The molecule has 3 aromatic rings. The molecule has 0 aliphatic carbocycles. The van der Waals surface area contributed by atoms with Crippen molar-refractivity contribution in [1.29, 1.82) is 0 Å². The van der Waals surface area contributed by atoms with Crippen molar-refractivity contribution >= 4 is 16.9 Å². The maximum absolute atomic E-state index is 14.0. The maximum atomic E-state index is 14.0. The van der Waals surface area contributed by atoms with E-state index >= 15 is 0 Å². The Morgan fingerprint density at radius 2 is 1.92 bits per heavy atom. The van der Waals surface area contributed by atoms with E-state index in [0.29, 0.717) is 12.3 Å². The second kappa shape index (κ2) is 10.8. The average molecular weight is 520 g/mol. The summed E-state index contributed by atoms with van der Waals surface area (Å²) in [5, 5.41) is 10.3. The van der Waals surface area contributed by atoms with Crippen molar-refractivity contribution < 1.29 is 37.0 Å². The van der Waals surface area contributed by atoms with Crippen molar-refractivity contribution in [3.63, 3.8) is 0 Å². The molecule has 1 aliphatic heterocycles. The molecule has 198 valence electrons. The Hall–Kier alpha value is -3.53. The highest BCUT2D eigenvalue weighted by atomic mass is 19.4. The number of carbonyl (C=O) groups is 1. The minimum absolute atomic E-state index is 0.0921. The second-order valence-electron chi connectivity index (χ2n) is 9.27. The Labute approximate surface area is 211 Å². The highest BCUT2D eigenvalue weighted by Crippen LogP contribution is 2.40. The third-order valence-corrected chi connectivity index (χ3v) is 6.22. The van der Waals surface area contributed by atoms with Crippen molar-refractivity contribution in [3.05, 3.63) is 63.5 Å². The molecule has 0 radical (unpaired) electrons. The van der Waals surface area contributed by atoms with E-state index in [4.69, 9.17) is 13.9 Å². The van der Waals surface area contributed by atoms with E-state index in [9.17, 15) is 27.9 Å². The number of nitrogens with zero attached hydrogens (tertiary/aromatic N) is 1. The molecule has 0 amide bonds. The molecule has 1 fully saturated rings. The van der Waals surface area contributed by atoms with Gasteiger partial charge >= 0.3 is 12.1 Å². The van der Waals surface area contributed by atoms with Gasteiger partial charge in [0.1, 0.15) is 17.1 Å². The van der Waals surface area contributed by atoms with Crippen LogP contribution in [0.15, 0.2) is 45.6 Å². The van der Waals surface area contributed by atoms with Gasteiger partial charge in [-0.1, -0.05) is 13.8 Å². The Kier molecular flexibility index (Phi) is 7.77. The number of halogens is 3. The van der Waals surface area contributed by atoms with Gasteiger partial charge in [-0.15, -0.1) is 0 Å². The normalized spacial score (nSPS) is 16.6. The minimum atomic E-state index is -5.05. The SMILES string of the molecule is CCCOC(=O)c1ccc(Oc2c(C(F)(F)F)oc3c(CN4CCCC(C)C4)c(O)ccc3c2=O)cc1. The molecular weight excluding hydrogens is 491 g/mol. The summed E-state index contributed by atoms with van der Waals surface area (Å²) in [6.45, 7) is 5.74. The summed E-state index contributed by atoms with van der Waals surface area (Å²) in [5.41, 5.74) is -1.03. The van der Waals surface area contributed by atoms with E-state index in [1.165, 1.54) is 36.4 Å². The van der Waals surface area contributed by atoms with Crippen molar-refractivity contribution in [2.75, 3.05) is 19.7 Å². The van der Waals surface area contributed by atoms with Crippen LogP contribution in [0.5, 0.6) is 17.2 Å². The number of hydrogen-bond donors (Lipinski definition) is 1. The standard InChI is InChI=1S/C27H28F3NO6/c1-3-13-35-26(34)17-6-8-18(9-7-17)36-24-22(33)19-10-11-21(32)20(15-31-12-4-5-16(2)14-31)23(19)37-25(24)27(28,29)30/h6-11,16,32H,3-5,12-15H2,1-2H3. The predicted molar refractivity (Wildman–Crippen MR) is 130 cm³/mol. The zero-order valence-corrected chi connectivity index (χ0v) is 20.6. The third kappa shape index (κ3) is 5.90. The van der Waals surface area contributed by atoms with Crippen LogP contribution in [0.4, 0.5) is 13.2 Å². The smallest absolute Gasteiger partial charge is 0.453 e. The molecule has 0 bridgehead atoms. The summed E-state index contributed by atoms with van der Waals surface area (Å²) in [6, 6.07) is 7.70. The average Bonchev–Trinajstić information content (AvgIpc) is 2.85. The Morgan fingerprint density at radius 3 is 2.57 bits per heavy atom. The number of aromatic hydroxyl groups is 1. The van der Waals surface area contributed by atoms with Crippen LogP contribution < -0.4 is 10.2 Å². The number of ether oxygens (including phenoxy) is 2. The molecule has 1 aliphatic rings. The van der Waals surface area contributed by atoms with Crippen LogP contribution >= 0.6 is 0 Å². The first-order valence-corrected chi connectivity index (χ1v) is 12.1. The number of rotatable bonds is 7. The lowest BCUT2D eigenvalue weighted by Crippen LogP contribution is -2.33. The number of hydrogen-bond acceptors (Lipinski definition) is 7. The van der Waals surface area contributed by atoms with Crippen LogP contribution in [0.3, 0.4) is 0 Å². The summed E-state index contributed by atoms with van der Waals surface area (Å²) in [4.78, 5) is 27.2. The second-order valence-corrected chi connectivity index (χ2v) is 9.27. The van der Waals surface area contributed by atoms with Gasteiger partial charge in [-0.25, -0.2) is 4.79 Å². The number of alkyl halides is 3. The van der Waals surface area contributed by atoms with E-state index in [2.05, 4.69) is 6.92 Å². The highest BCUT2D eigenvalue weighted by Gasteiger charge is 2.41. The van der Waals surface area contributed by atoms with Gasteiger partial charge in [-0.2, -0.15) is 13.2 Å².